The predicted molar refractivity (Wildman–Crippen MR) is 77.4 cm³/mol. The number of unbranched alkanes of at least 4 members (excludes halogenated alkanes) is 3. The molecule has 2 nitrogen and oxygen atoms in total. The van der Waals surface area contributed by atoms with Crippen LogP contribution in [0.1, 0.15) is 50.6 Å². The van der Waals surface area contributed by atoms with Crippen molar-refractivity contribution in [1.29, 1.82) is 0 Å². The molecule has 1 atom stereocenters. The summed E-state index contributed by atoms with van der Waals surface area (Å²) in [6, 6.07) is 10.5. The Bertz CT molecular complexity index is 493. The molecule has 0 radical (unpaired) electrons. The van der Waals surface area contributed by atoms with E-state index < -0.39 is 0 Å². The molecule has 0 aliphatic carbocycles. The Labute approximate surface area is 109 Å². The topological polar surface area (TPSA) is 38.9 Å². The normalized spacial score (nSPS) is 12.8. The Hall–Kier alpha value is -1.41. The van der Waals surface area contributed by atoms with Crippen molar-refractivity contribution in [2.24, 2.45) is 5.73 Å². The maximum absolute atomic E-state index is 6.23. The first-order chi connectivity index (χ1) is 8.81. The molecule has 0 fully saturated rings. The number of hydrogen-bond donors (Lipinski definition) is 1. The summed E-state index contributed by atoms with van der Waals surface area (Å²) in [4.78, 5) is 4.47. The van der Waals surface area contributed by atoms with Crippen LogP contribution in [0.2, 0.25) is 0 Å². The molecule has 1 aromatic heterocycles. The van der Waals surface area contributed by atoms with Gasteiger partial charge in [0.05, 0.1) is 5.52 Å². The molecule has 0 aliphatic heterocycles. The highest BCUT2D eigenvalue weighted by molar-refractivity contribution is 5.78. The summed E-state index contributed by atoms with van der Waals surface area (Å²) in [6.07, 6.45) is 8.05. The lowest BCUT2D eigenvalue weighted by atomic mass is 10.0. The van der Waals surface area contributed by atoms with Gasteiger partial charge in [-0.1, -0.05) is 50.8 Å². The third kappa shape index (κ3) is 3.30. The van der Waals surface area contributed by atoms with E-state index in [4.69, 9.17) is 5.73 Å². The lowest BCUT2D eigenvalue weighted by Gasteiger charge is -2.12. The Kier molecular flexibility index (Phi) is 4.71. The van der Waals surface area contributed by atoms with Crippen molar-refractivity contribution in [3.63, 3.8) is 0 Å². The fourth-order valence-electron chi connectivity index (χ4n) is 2.25. The summed E-state index contributed by atoms with van der Waals surface area (Å²) in [5.41, 5.74) is 8.43. The van der Waals surface area contributed by atoms with Crippen LogP contribution in [0.4, 0.5) is 0 Å². The molecule has 0 saturated heterocycles. The number of pyridine rings is 1. The number of benzene rings is 1. The van der Waals surface area contributed by atoms with Gasteiger partial charge < -0.3 is 5.73 Å². The number of nitrogens with zero attached hydrogens (tertiary/aromatic N) is 1. The first-order valence-corrected chi connectivity index (χ1v) is 6.91. The van der Waals surface area contributed by atoms with Gasteiger partial charge in [0.25, 0.3) is 0 Å². The number of fused-ring (bicyclic) bond motifs is 1. The summed E-state index contributed by atoms with van der Waals surface area (Å²) in [5, 5.41) is 1.18. The third-order valence-electron chi connectivity index (χ3n) is 3.41. The van der Waals surface area contributed by atoms with Crippen LogP contribution in [0.3, 0.4) is 0 Å². The number of aromatic nitrogens is 1. The van der Waals surface area contributed by atoms with E-state index in [-0.39, 0.29) is 6.04 Å². The first-order valence-electron chi connectivity index (χ1n) is 6.91. The first kappa shape index (κ1) is 13.0. The van der Waals surface area contributed by atoms with Crippen LogP contribution in [0.25, 0.3) is 10.9 Å². The van der Waals surface area contributed by atoms with E-state index in [2.05, 4.69) is 24.0 Å². The zero-order valence-corrected chi connectivity index (χ0v) is 11.1. The van der Waals surface area contributed by atoms with E-state index in [0.717, 1.165) is 17.5 Å². The molecule has 96 valence electrons. The second-order valence-corrected chi connectivity index (χ2v) is 4.92. The van der Waals surface area contributed by atoms with Gasteiger partial charge in [-0.2, -0.15) is 0 Å². The number of para-hydroxylation sites is 1. The van der Waals surface area contributed by atoms with Crippen LogP contribution in [0.5, 0.6) is 0 Å². The summed E-state index contributed by atoms with van der Waals surface area (Å²) in [5.74, 6) is 0. The van der Waals surface area contributed by atoms with Gasteiger partial charge in [0.2, 0.25) is 0 Å². The standard InChI is InChI=1S/C16H22N2/c1-2-3-4-5-9-15(17)14-11-13-8-6-7-10-16(13)18-12-14/h6-8,10-12,15H,2-5,9,17H2,1H3. The molecule has 1 heterocycles. The third-order valence-corrected chi connectivity index (χ3v) is 3.41. The maximum atomic E-state index is 6.23. The molecule has 1 unspecified atom stereocenters. The molecule has 0 amide bonds. The van der Waals surface area contributed by atoms with Crippen LogP contribution in [-0.4, -0.2) is 4.98 Å². The number of hydrogen-bond acceptors (Lipinski definition) is 2. The maximum Gasteiger partial charge on any atom is 0.0702 e. The van der Waals surface area contributed by atoms with Crippen LogP contribution in [0.15, 0.2) is 36.5 Å². The van der Waals surface area contributed by atoms with Crippen LogP contribution < -0.4 is 5.73 Å². The fourth-order valence-corrected chi connectivity index (χ4v) is 2.25. The molecule has 0 bridgehead atoms. The predicted octanol–water partition coefficient (Wildman–Crippen LogP) is 4.21. The molecular formula is C16H22N2. The highest BCUT2D eigenvalue weighted by Gasteiger charge is 2.06. The summed E-state index contributed by atoms with van der Waals surface area (Å²) in [6.45, 7) is 2.23. The van der Waals surface area contributed by atoms with E-state index in [0.29, 0.717) is 0 Å². The molecular weight excluding hydrogens is 220 g/mol. The van der Waals surface area contributed by atoms with Gasteiger partial charge in [0.1, 0.15) is 0 Å². The molecule has 0 aliphatic rings. The van der Waals surface area contributed by atoms with Crippen LogP contribution in [-0.2, 0) is 0 Å². The molecule has 1 aromatic carbocycles. The monoisotopic (exact) mass is 242 g/mol. The largest absolute Gasteiger partial charge is 0.324 e. The Morgan fingerprint density at radius 2 is 2.00 bits per heavy atom. The van der Waals surface area contributed by atoms with Crippen molar-refractivity contribution in [2.75, 3.05) is 0 Å². The molecule has 2 aromatic rings. The molecule has 2 heteroatoms. The van der Waals surface area contributed by atoms with Gasteiger partial charge >= 0.3 is 0 Å². The van der Waals surface area contributed by atoms with Crippen molar-refractivity contribution in [3.8, 4) is 0 Å². The van der Waals surface area contributed by atoms with Gasteiger partial charge in [0, 0.05) is 17.6 Å². The second kappa shape index (κ2) is 6.50. The summed E-state index contributed by atoms with van der Waals surface area (Å²) in [7, 11) is 0. The average molecular weight is 242 g/mol. The lowest BCUT2D eigenvalue weighted by Crippen LogP contribution is -2.10. The zero-order valence-electron chi connectivity index (χ0n) is 11.1. The van der Waals surface area contributed by atoms with Crippen LogP contribution >= 0.6 is 0 Å². The highest BCUT2D eigenvalue weighted by atomic mass is 14.7. The van der Waals surface area contributed by atoms with Crippen molar-refractivity contribution < 1.29 is 0 Å². The minimum atomic E-state index is 0.124. The van der Waals surface area contributed by atoms with Crippen molar-refractivity contribution in [2.45, 2.75) is 45.1 Å². The Morgan fingerprint density at radius 3 is 2.83 bits per heavy atom. The van der Waals surface area contributed by atoms with E-state index in [1.807, 2.05) is 24.4 Å². The highest BCUT2D eigenvalue weighted by Crippen LogP contribution is 2.20. The van der Waals surface area contributed by atoms with E-state index >= 15 is 0 Å². The molecule has 2 rings (SSSR count). The smallest absolute Gasteiger partial charge is 0.0702 e. The minimum absolute atomic E-state index is 0.124. The summed E-state index contributed by atoms with van der Waals surface area (Å²) >= 11 is 0. The summed E-state index contributed by atoms with van der Waals surface area (Å²) < 4.78 is 0. The van der Waals surface area contributed by atoms with Gasteiger partial charge in [-0.05, 0) is 24.1 Å². The van der Waals surface area contributed by atoms with Crippen molar-refractivity contribution in [1.82, 2.24) is 4.98 Å². The molecule has 0 spiro atoms. The quantitative estimate of drug-likeness (QED) is 0.771. The van der Waals surface area contributed by atoms with Crippen LogP contribution in [0, 0.1) is 0 Å². The number of nitrogens with two attached hydrogens (primary N) is 1. The molecule has 2 N–H and O–H groups in total. The zero-order chi connectivity index (χ0) is 12.8. The molecule has 0 saturated carbocycles. The van der Waals surface area contributed by atoms with Gasteiger partial charge in [-0.3, -0.25) is 4.98 Å². The van der Waals surface area contributed by atoms with Crippen molar-refractivity contribution in [3.05, 3.63) is 42.1 Å². The van der Waals surface area contributed by atoms with E-state index in [1.165, 1.54) is 31.1 Å². The van der Waals surface area contributed by atoms with E-state index in [9.17, 15) is 0 Å². The Balaban J connectivity index is 2.01. The SMILES string of the molecule is CCCCCCC(N)c1cnc2ccccc2c1. The number of rotatable bonds is 6. The van der Waals surface area contributed by atoms with Gasteiger partial charge in [-0.25, -0.2) is 0 Å². The van der Waals surface area contributed by atoms with E-state index in [1.54, 1.807) is 0 Å². The van der Waals surface area contributed by atoms with Crippen molar-refractivity contribution >= 4 is 10.9 Å². The van der Waals surface area contributed by atoms with Gasteiger partial charge in [-0.15, -0.1) is 0 Å². The minimum Gasteiger partial charge on any atom is -0.324 e. The Morgan fingerprint density at radius 1 is 1.17 bits per heavy atom. The average Bonchev–Trinajstić information content (AvgIpc) is 2.43. The fraction of sp³-hybridized carbons (Fsp3) is 0.438. The lowest BCUT2D eigenvalue weighted by molar-refractivity contribution is 0.565. The van der Waals surface area contributed by atoms with Gasteiger partial charge in [0.15, 0.2) is 0 Å². The molecule has 18 heavy (non-hydrogen) atoms. The second-order valence-electron chi connectivity index (χ2n) is 4.92.